The van der Waals surface area contributed by atoms with Crippen molar-refractivity contribution in [3.05, 3.63) is 34.8 Å². The minimum Gasteiger partial charge on any atom is -0.362 e. The molecule has 7 heteroatoms. The number of benzene rings is 1. The Morgan fingerprint density at radius 3 is 3.09 bits per heavy atom. The number of hydrogen-bond donors (Lipinski definition) is 3. The molecule has 2 aromatic rings. The summed E-state index contributed by atoms with van der Waals surface area (Å²) in [6.07, 6.45) is 3.74. The summed E-state index contributed by atoms with van der Waals surface area (Å²) in [5.41, 5.74) is 2.60. The summed E-state index contributed by atoms with van der Waals surface area (Å²) in [4.78, 5) is 28.6. The van der Waals surface area contributed by atoms with E-state index in [9.17, 15) is 9.59 Å². The number of hydrogen-bond acceptors (Lipinski definition) is 5. The summed E-state index contributed by atoms with van der Waals surface area (Å²) < 4.78 is 0. The second-order valence-electron chi connectivity index (χ2n) is 5.29. The van der Waals surface area contributed by atoms with E-state index in [1.807, 2.05) is 19.1 Å². The highest BCUT2D eigenvalue weighted by atomic mass is 32.1. The van der Waals surface area contributed by atoms with Gasteiger partial charge in [0.1, 0.15) is 4.88 Å². The molecule has 1 aliphatic rings. The van der Waals surface area contributed by atoms with Crippen molar-refractivity contribution in [2.75, 3.05) is 22.5 Å². The number of thiazole rings is 1. The first-order valence-electron chi connectivity index (χ1n) is 7.59. The Labute approximate surface area is 138 Å². The van der Waals surface area contributed by atoms with Gasteiger partial charge in [0, 0.05) is 24.3 Å². The van der Waals surface area contributed by atoms with Crippen LogP contribution in [0.25, 0.3) is 0 Å². The molecule has 3 N–H and O–H groups in total. The lowest BCUT2D eigenvalue weighted by molar-refractivity contribution is -0.116. The van der Waals surface area contributed by atoms with Crippen molar-refractivity contribution in [1.82, 2.24) is 4.98 Å². The van der Waals surface area contributed by atoms with Crippen LogP contribution in [-0.4, -0.2) is 23.3 Å². The van der Waals surface area contributed by atoms with E-state index in [4.69, 9.17) is 0 Å². The van der Waals surface area contributed by atoms with Crippen LogP contribution in [-0.2, 0) is 11.2 Å². The average Bonchev–Trinajstić information content (AvgIpc) is 2.91. The average molecular weight is 330 g/mol. The van der Waals surface area contributed by atoms with Crippen molar-refractivity contribution in [2.24, 2.45) is 0 Å². The Morgan fingerprint density at radius 1 is 1.39 bits per heavy atom. The van der Waals surface area contributed by atoms with Crippen LogP contribution in [0.5, 0.6) is 0 Å². The Hall–Kier alpha value is -2.41. The smallest absolute Gasteiger partial charge is 0.267 e. The summed E-state index contributed by atoms with van der Waals surface area (Å²) in [6.45, 7) is 2.75. The van der Waals surface area contributed by atoms with Crippen molar-refractivity contribution in [1.29, 1.82) is 0 Å². The molecular formula is C16H18N4O2S. The number of nitrogens with one attached hydrogen (secondary N) is 3. The van der Waals surface area contributed by atoms with Gasteiger partial charge in [-0.25, -0.2) is 4.98 Å². The van der Waals surface area contributed by atoms with Crippen LogP contribution in [0.1, 0.15) is 35.0 Å². The van der Waals surface area contributed by atoms with Gasteiger partial charge in [-0.15, -0.1) is 0 Å². The number of rotatable bonds is 4. The number of nitrogens with zero attached hydrogens (tertiary/aromatic N) is 1. The zero-order valence-corrected chi connectivity index (χ0v) is 13.6. The Morgan fingerprint density at radius 2 is 2.26 bits per heavy atom. The molecule has 0 fully saturated rings. The van der Waals surface area contributed by atoms with Gasteiger partial charge in [-0.1, -0.05) is 11.3 Å². The maximum atomic E-state index is 12.3. The van der Waals surface area contributed by atoms with E-state index in [1.54, 1.807) is 12.3 Å². The second-order valence-corrected chi connectivity index (χ2v) is 6.32. The lowest BCUT2D eigenvalue weighted by atomic mass is 10.1. The highest BCUT2D eigenvalue weighted by molar-refractivity contribution is 7.17. The fourth-order valence-corrected chi connectivity index (χ4v) is 3.24. The summed E-state index contributed by atoms with van der Waals surface area (Å²) in [7, 11) is 0. The molecule has 0 aliphatic carbocycles. The largest absolute Gasteiger partial charge is 0.362 e. The van der Waals surface area contributed by atoms with E-state index in [-0.39, 0.29) is 11.8 Å². The topological polar surface area (TPSA) is 83.1 Å². The van der Waals surface area contributed by atoms with E-state index in [2.05, 4.69) is 20.9 Å². The van der Waals surface area contributed by atoms with E-state index < -0.39 is 0 Å². The molecular weight excluding hydrogens is 312 g/mol. The Balaban J connectivity index is 1.73. The summed E-state index contributed by atoms with van der Waals surface area (Å²) in [5, 5.41) is 9.59. The summed E-state index contributed by atoms with van der Waals surface area (Å²) in [6, 6.07) is 5.56. The predicted octanol–water partition coefficient (Wildman–Crippen LogP) is 3.10. The lowest BCUT2D eigenvalue weighted by Crippen LogP contribution is -2.11. The van der Waals surface area contributed by atoms with Gasteiger partial charge in [0.05, 0.1) is 6.20 Å². The quantitative estimate of drug-likeness (QED) is 0.804. The lowest BCUT2D eigenvalue weighted by Gasteiger charge is -2.10. The summed E-state index contributed by atoms with van der Waals surface area (Å²) >= 11 is 1.33. The summed E-state index contributed by atoms with van der Waals surface area (Å²) in [5.74, 6) is -0.134. The van der Waals surface area contributed by atoms with Crippen LogP contribution in [0.2, 0.25) is 0 Å². The van der Waals surface area contributed by atoms with Gasteiger partial charge in [0.15, 0.2) is 5.13 Å². The monoisotopic (exact) mass is 330 g/mol. The molecule has 120 valence electrons. The predicted molar refractivity (Wildman–Crippen MR) is 92.2 cm³/mol. The van der Waals surface area contributed by atoms with Crippen molar-refractivity contribution in [3.63, 3.8) is 0 Å². The van der Waals surface area contributed by atoms with E-state index >= 15 is 0 Å². The number of amides is 2. The highest BCUT2D eigenvalue weighted by Gasteiger charge is 2.15. The van der Waals surface area contributed by atoms with Gasteiger partial charge in [-0.3, -0.25) is 9.59 Å². The second kappa shape index (κ2) is 6.78. The van der Waals surface area contributed by atoms with Crippen LogP contribution in [0, 0.1) is 0 Å². The van der Waals surface area contributed by atoms with Gasteiger partial charge in [-0.05, 0) is 43.5 Å². The maximum absolute atomic E-state index is 12.3. The van der Waals surface area contributed by atoms with E-state index in [1.165, 1.54) is 11.3 Å². The number of anilines is 3. The Bertz CT molecular complexity index is 741. The molecule has 6 nitrogen and oxygen atoms in total. The zero-order chi connectivity index (χ0) is 16.2. The number of carbonyl (C=O) groups is 2. The van der Waals surface area contributed by atoms with Crippen LogP contribution in [0.4, 0.5) is 16.5 Å². The van der Waals surface area contributed by atoms with Crippen molar-refractivity contribution >= 4 is 39.7 Å². The van der Waals surface area contributed by atoms with Crippen molar-refractivity contribution < 1.29 is 9.59 Å². The fraction of sp³-hybridized carbons (Fsp3) is 0.312. The first kappa shape index (κ1) is 15.5. The molecule has 3 rings (SSSR count). The maximum Gasteiger partial charge on any atom is 0.267 e. The molecule has 1 aromatic heterocycles. The van der Waals surface area contributed by atoms with Gasteiger partial charge in [0.2, 0.25) is 5.91 Å². The number of aryl methyl sites for hydroxylation is 1. The molecule has 1 aromatic carbocycles. The minimum absolute atomic E-state index is 0.0427. The third-order valence-corrected chi connectivity index (χ3v) is 4.50. The van der Waals surface area contributed by atoms with Gasteiger partial charge >= 0.3 is 0 Å². The van der Waals surface area contributed by atoms with E-state index in [0.29, 0.717) is 11.3 Å². The van der Waals surface area contributed by atoms with Gasteiger partial charge in [0.25, 0.3) is 5.91 Å². The molecule has 0 atom stereocenters. The molecule has 0 saturated heterocycles. The van der Waals surface area contributed by atoms with Crippen molar-refractivity contribution in [3.8, 4) is 0 Å². The van der Waals surface area contributed by atoms with Crippen LogP contribution < -0.4 is 16.0 Å². The molecule has 1 aliphatic heterocycles. The SMILES string of the molecule is CCNc1ncc(C(=O)Nc2ccc3c(c2)CCCC(=O)N3)s1. The van der Waals surface area contributed by atoms with Gasteiger partial charge in [-0.2, -0.15) is 0 Å². The Kier molecular flexibility index (Phi) is 4.57. The normalized spacial score (nSPS) is 13.7. The molecule has 23 heavy (non-hydrogen) atoms. The van der Waals surface area contributed by atoms with E-state index in [0.717, 1.165) is 41.5 Å². The van der Waals surface area contributed by atoms with Crippen molar-refractivity contribution in [2.45, 2.75) is 26.2 Å². The molecule has 2 heterocycles. The third-order valence-electron chi connectivity index (χ3n) is 3.54. The number of carbonyl (C=O) groups excluding carboxylic acids is 2. The first-order chi connectivity index (χ1) is 11.2. The minimum atomic E-state index is -0.177. The molecule has 2 amide bonds. The van der Waals surface area contributed by atoms with Crippen LogP contribution in [0.15, 0.2) is 24.4 Å². The molecule has 0 spiro atoms. The molecule has 0 saturated carbocycles. The van der Waals surface area contributed by atoms with Crippen LogP contribution in [0.3, 0.4) is 0 Å². The fourth-order valence-electron chi connectivity index (χ4n) is 2.46. The number of aromatic nitrogens is 1. The number of fused-ring (bicyclic) bond motifs is 1. The molecule has 0 radical (unpaired) electrons. The highest BCUT2D eigenvalue weighted by Crippen LogP contribution is 2.26. The molecule has 0 bridgehead atoms. The van der Waals surface area contributed by atoms with Gasteiger partial charge < -0.3 is 16.0 Å². The third kappa shape index (κ3) is 3.68. The standard InChI is InChI=1S/C16H18N4O2S/c1-2-17-16-18-9-13(23-16)15(22)19-11-6-7-12-10(8-11)4-3-5-14(21)20-12/h6-9H,2-5H2,1H3,(H,17,18)(H,19,22)(H,20,21). The first-order valence-corrected chi connectivity index (χ1v) is 8.41. The molecule has 0 unspecified atom stereocenters. The van der Waals surface area contributed by atoms with Crippen LogP contribution >= 0.6 is 11.3 Å². The zero-order valence-electron chi connectivity index (χ0n) is 12.8.